The van der Waals surface area contributed by atoms with E-state index in [1.165, 1.54) is 11.0 Å². The highest BCUT2D eigenvalue weighted by atomic mass is 35.5. The summed E-state index contributed by atoms with van der Waals surface area (Å²) in [5, 5.41) is 0.695. The van der Waals surface area contributed by atoms with Gasteiger partial charge in [-0.3, -0.25) is 9.59 Å². The third kappa shape index (κ3) is 4.69. The fourth-order valence-corrected chi connectivity index (χ4v) is 1.99. The minimum atomic E-state index is -0.422. The quantitative estimate of drug-likeness (QED) is 0.755. The minimum Gasteiger partial charge on any atom is -0.465 e. The average molecular weight is 318 g/mol. The molecule has 0 saturated carbocycles. The molecule has 1 aromatic carbocycles. The molecule has 0 radical (unpaired) electrons. The maximum Gasteiger partial charge on any atom is 0.325 e. The second-order valence-corrected chi connectivity index (χ2v) is 4.98. The highest BCUT2D eigenvalue weighted by Crippen LogP contribution is 2.23. The lowest BCUT2D eigenvalue weighted by Gasteiger charge is -2.21. The van der Waals surface area contributed by atoms with Crippen LogP contribution >= 0.6 is 23.2 Å². The summed E-state index contributed by atoms with van der Waals surface area (Å²) < 4.78 is 4.87. The highest BCUT2D eigenvalue weighted by molar-refractivity contribution is 6.42. The Balaban J connectivity index is 2.87. The van der Waals surface area contributed by atoms with Crippen LogP contribution < -0.4 is 0 Å². The van der Waals surface area contributed by atoms with Crippen LogP contribution in [0.3, 0.4) is 0 Å². The van der Waals surface area contributed by atoms with Gasteiger partial charge in [0, 0.05) is 12.1 Å². The Morgan fingerprint density at radius 3 is 2.45 bits per heavy atom. The summed E-state index contributed by atoms with van der Waals surface area (Å²) in [5.74, 6) is -0.687. The zero-order valence-corrected chi connectivity index (χ0v) is 13.0. The Labute approximate surface area is 128 Å². The molecule has 110 valence electrons. The van der Waals surface area contributed by atoms with Gasteiger partial charge in [0.15, 0.2) is 0 Å². The van der Waals surface area contributed by atoms with E-state index in [0.717, 1.165) is 6.42 Å². The number of esters is 1. The molecule has 0 aliphatic heterocycles. The number of halogens is 2. The predicted molar refractivity (Wildman–Crippen MR) is 79.3 cm³/mol. The van der Waals surface area contributed by atoms with E-state index in [2.05, 4.69) is 0 Å². The SMILES string of the molecule is CCCN(CC(=O)OCC)C(=O)c1ccc(Cl)c(Cl)c1. The molecule has 1 aromatic rings. The molecule has 0 saturated heterocycles. The smallest absolute Gasteiger partial charge is 0.325 e. The van der Waals surface area contributed by atoms with E-state index in [1.54, 1.807) is 19.1 Å². The monoisotopic (exact) mass is 317 g/mol. The van der Waals surface area contributed by atoms with Crippen molar-refractivity contribution < 1.29 is 14.3 Å². The Bertz CT molecular complexity index is 491. The molecule has 0 spiro atoms. The maximum atomic E-state index is 12.4. The first-order valence-electron chi connectivity index (χ1n) is 6.39. The van der Waals surface area contributed by atoms with Gasteiger partial charge in [0.2, 0.25) is 0 Å². The standard InChI is InChI=1S/C14H17Cl2NO3/c1-3-7-17(9-13(18)20-4-2)14(19)10-5-6-11(15)12(16)8-10/h5-6,8H,3-4,7,9H2,1-2H3. The van der Waals surface area contributed by atoms with Crippen LogP contribution in [0.15, 0.2) is 18.2 Å². The van der Waals surface area contributed by atoms with E-state index < -0.39 is 5.97 Å². The van der Waals surface area contributed by atoms with Crippen LogP contribution in [0.4, 0.5) is 0 Å². The van der Waals surface area contributed by atoms with Crippen molar-refractivity contribution >= 4 is 35.1 Å². The fraction of sp³-hybridized carbons (Fsp3) is 0.429. The Hall–Kier alpha value is -1.26. The van der Waals surface area contributed by atoms with Crippen LogP contribution in [0.5, 0.6) is 0 Å². The summed E-state index contributed by atoms with van der Waals surface area (Å²) in [6, 6.07) is 4.65. The molecule has 20 heavy (non-hydrogen) atoms. The lowest BCUT2D eigenvalue weighted by atomic mass is 10.2. The highest BCUT2D eigenvalue weighted by Gasteiger charge is 2.19. The van der Waals surface area contributed by atoms with Crippen LogP contribution in [-0.4, -0.2) is 36.5 Å². The van der Waals surface area contributed by atoms with Crippen molar-refractivity contribution in [2.45, 2.75) is 20.3 Å². The van der Waals surface area contributed by atoms with Gasteiger partial charge in [0.25, 0.3) is 5.91 Å². The lowest BCUT2D eigenvalue weighted by molar-refractivity contribution is -0.143. The molecule has 0 atom stereocenters. The van der Waals surface area contributed by atoms with E-state index in [9.17, 15) is 9.59 Å². The second kappa shape index (κ2) is 8.12. The van der Waals surface area contributed by atoms with Crippen molar-refractivity contribution in [3.8, 4) is 0 Å². The van der Waals surface area contributed by atoms with E-state index >= 15 is 0 Å². The summed E-state index contributed by atoms with van der Waals surface area (Å²) in [6.07, 6.45) is 0.743. The fourth-order valence-electron chi connectivity index (χ4n) is 1.70. The first-order valence-corrected chi connectivity index (χ1v) is 7.15. The van der Waals surface area contributed by atoms with Gasteiger partial charge in [0.1, 0.15) is 6.54 Å². The van der Waals surface area contributed by atoms with Gasteiger partial charge in [-0.2, -0.15) is 0 Å². The third-order valence-electron chi connectivity index (χ3n) is 2.57. The summed E-state index contributed by atoms with van der Waals surface area (Å²) in [7, 11) is 0. The topological polar surface area (TPSA) is 46.6 Å². The molecule has 0 fully saturated rings. The molecule has 4 nitrogen and oxygen atoms in total. The molecule has 0 bridgehead atoms. The van der Waals surface area contributed by atoms with Crippen molar-refractivity contribution in [2.24, 2.45) is 0 Å². The van der Waals surface area contributed by atoms with Gasteiger partial charge >= 0.3 is 5.97 Å². The van der Waals surface area contributed by atoms with Crippen molar-refractivity contribution in [3.63, 3.8) is 0 Å². The Morgan fingerprint density at radius 1 is 1.20 bits per heavy atom. The van der Waals surface area contributed by atoms with Crippen LogP contribution in [0.1, 0.15) is 30.6 Å². The van der Waals surface area contributed by atoms with Crippen LogP contribution in [-0.2, 0) is 9.53 Å². The van der Waals surface area contributed by atoms with Gasteiger partial charge in [0.05, 0.1) is 16.7 Å². The largest absolute Gasteiger partial charge is 0.465 e. The average Bonchev–Trinajstić information content (AvgIpc) is 2.41. The number of amides is 1. The van der Waals surface area contributed by atoms with Crippen molar-refractivity contribution in [3.05, 3.63) is 33.8 Å². The van der Waals surface area contributed by atoms with Crippen molar-refractivity contribution in [1.82, 2.24) is 4.90 Å². The van der Waals surface area contributed by atoms with Crippen LogP contribution in [0, 0.1) is 0 Å². The number of carbonyl (C=O) groups excluding carboxylic acids is 2. The summed E-state index contributed by atoms with van der Waals surface area (Å²) in [4.78, 5) is 25.3. The zero-order chi connectivity index (χ0) is 15.1. The number of hydrogen-bond donors (Lipinski definition) is 0. The van der Waals surface area contributed by atoms with Gasteiger partial charge in [-0.15, -0.1) is 0 Å². The van der Waals surface area contributed by atoms with Crippen LogP contribution in [0.25, 0.3) is 0 Å². The number of nitrogens with zero attached hydrogens (tertiary/aromatic N) is 1. The molecular formula is C14H17Cl2NO3. The number of benzene rings is 1. The molecule has 0 aliphatic rings. The summed E-state index contributed by atoms with van der Waals surface area (Å²) in [6.45, 7) is 4.35. The second-order valence-electron chi connectivity index (χ2n) is 4.16. The molecule has 0 heterocycles. The number of hydrogen-bond acceptors (Lipinski definition) is 3. The normalized spacial score (nSPS) is 10.2. The van der Waals surface area contributed by atoms with Gasteiger partial charge < -0.3 is 9.64 Å². The maximum absolute atomic E-state index is 12.4. The van der Waals surface area contributed by atoms with Gasteiger partial charge in [-0.05, 0) is 31.5 Å². The van der Waals surface area contributed by atoms with Crippen molar-refractivity contribution in [1.29, 1.82) is 0 Å². The molecule has 0 aromatic heterocycles. The molecule has 0 aliphatic carbocycles. The molecule has 1 amide bonds. The van der Waals surface area contributed by atoms with E-state index in [-0.39, 0.29) is 12.5 Å². The minimum absolute atomic E-state index is 0.0687. The molecule has 6 heteroatoms. The summed E-state index contributed by atoms with van der Waals surface area (Å²) >= 11 is 11.7. The molecule has 0 N–H and O–H groups in total. The van der Waals surface area contributed by atoms with Crippen molar-refractivity contribution in [2.75, 3.05) is 19.7 Å². The van der Waals surface area contributed by atoms with E-state index in [4.69, 9.17) is 27.9 Å². The van der Waals surface area contributed by atoms with E-state index in [1.807, 2.05) is 6.92 Å². The first-order chi connectivity index (χ1) is 9.49. The van der Waals surface area contributed by atoms with E-state index in [0.29, 0.717) is 28.8 Å². The number of carbonyl (C=O) groups is 2. The number of ether oxygens (including phenoxy) is 1. The first kappa shape index (κ1) is 16.8. The third-order valence-corrected chi connectivity index (χ3v) is 3.31. The molecule has 1 rings (SSSR count). The predicted octanol–water partition coefficient (Wildman–Crippen LogP) is 3.41. The molecular weight excluding hydrogens is 301 g/mol. The molecule has 0 unspecified atom stereocenters. The lowest BCUT2D eigenvalue weighted by Crippen LogP contribution is -2.37. The number of rotatable bonds is 6. The Kier molecular flexibility index (Phi) is 6.82. The zero-order valence-electron chi connectivity index (χ0n) is 11.5. The van der Waals surface area contributed by atoms with Gasteiger partial charge in [-0.1, -0.05) is 30.1 Å². The summed E-state index contributed by atoms with van der Waals surface area (Å²) in [5.41, 5.74) is 0.400. The van der Waals surface area contributed by atoms with Crippen LogP contribution in [0.2, 0.25) is 10.0 Å². The van der Waals surface area contributed by atoms with Gasteiger partial charge in [-0.25, -0.2) is 0 Å². The Morgan fingerprint density at radius 2 is 1.90 bits per heavy atom.